The molecule has 0 bridgehead atoms. The highest BCUT2D eigenvalue weighted by atomic mass is 32.2. The first kappa shape index (κ1) is 40.2. The Morgan fingerprint density at radius 2 is 1.24 bits per heavy atom. The van der Waals surface area contributed by atoms with Gasteiger partial charge in [0.2, 0.25) is 21.1 Å². The molecule has 2 aromatic carbocycles. The van der Waals surface area contributed by atoms with Crippen molar-refractivity contribution >= 4 is 50.1 Å². The summed E-state index contributed by atoms with van der Waals surface area (Å²) in [5, 5.41) is 4.82. The van der Waals surface area contributed by atoms with Crippen LogP contribution in [-0.4, -0.2) is 74.3 Å². The number of para-hydroxylation sites is 2. The summed E-state index contributed by atoms with van der Waals surface area (Å²) < 4.78 is 71.9. The number of nitrogens with zero attached hydrogens (tertiary/aromatic N) is 7. The normalized spacial score (nSPS) is 16.1. The summed E-state index contributed by atoms with van der Waals surface area (Å²) in [7, 11) is -1.82. The number of hydrogen-bond acceptors (Lipinski definition) is 14. The van der Waals surface area contributed by atoms with Crippen LogP contribution in [0.5, 0.6) is 23.0 Å². The molecule has 0 spiro atoms. The van der Waals surface area contributed by atoms with E-state index in [1.807, 2.05) is 0 Å². The number of fused-ring (bicyclic) bond motifs is 2. The van der Waals surface area contributed by atoms with Gasteiger partial charge in [0.15, 0.2) is 34.6 Å². The van der Waals surface area contributed by atoms with E-state index in [2.05, 4.69) is 30.1 Å². The van der Waals surface area contributed by atoms with Gasteiger partial charge in [0, 0.05) is 54.4 Å². The molecule has 1 N–H and O–H groups in total. The summed E-state index contributed by atoms with van der Waals surface area (Å²) in [6.45, 7) is 0.876. The molecule has 0 amide bonds. The topological polar surface area (TPSA) is 182 Å². The molecule has 9 rings (SSSR count). The third-order valence-corrected chi connectivity index (χ3v) is 11.7. The number of nitrogens with one attached hydrogen (secondary N) is 1. The zero-order valence-electron chi connectivity index (χ0n) is 31.8. The van der Waals surface area contributed by atoms with Crippen LogP contribution in [0.15, 0.2) is 87.8 Å². The molecule has 1 saturated heterocycles. The van der Waals surface area contributed by atoms with Gasteiger partial charge in [-0.25, -0.2) is 41.3 Å². The van der Waals surface area contributed by atoms with Gasteiger partial charge in [-0.2, -0.15) is 9.32 Å². The molecule has 308 valence electrons. The Labute approximate surface area is 340 Å². The number of anilines is 1. The first-order valence-electron chi connectivity index (χ1n) is 18.7. The van der Waals surface area contributed by atoms with Gasteiger partial charge < -0.3 is 14.8 Å². The molecule has 2 saturated carbocycles. The van der Waals surface area contributed by atoms with Crippen molar-refractivity contribution < 1.29 is 35.9 Å². The van der Waals surface area contributed by atoms with Gasteiger partial charge in [0.25, 0.3) is 11.1 Å². The van der Waals surface area contributed by atoms with Crippen LogP contribution in [0, 0.1) is 11.6 Å². The van der Waals surface area contributed by atoms with E-state index in [4.69, 9.17) is 13.8 Å². The molecule has 4 aromatic heterocycles. The van der Waals surface area contributed by atoms with Gasteiger partial charge in [-0.15, -0.1) is 0 Å². The highest BCUT2D eigenvalue weighted by Crippen LogP contribution is 2.38. The van der Waals surface area contributed by atoms with Crippen molar-refractivity contribution in [3.05, 3.63) is 105 Å². The van der Waals surface area contributed by atoms with E-state index in [0.717, 1.165) is 37.7 Å². The fourth-order valence-electron chi connectivity index (χ4n) is 6.64. The number of benzene rings is 2. The van der Waals surface area contributed by atoms with Crippen molar-refractivity contribution in [1.82, 2.24) is 33.4 Å². The second-order valence-corrected chi connectivity index (χ2v) is 16.8. The Hall–Kier alpha value is -5.54. The van der Waals surface area contributed by atoms with Gasteiger partial charge in [-0.05, 0) is 74.9 Å². The average molecular weight is 849 g/mol. The van der Waals surface area contributed by atoms with E-state index >= 15 is 0 Å². The van der Waals surface area contributed by atoms with E-state index in [1.165, 1.54) is 54.1 Å². The molecule has 59 heavy (non-hydrogen) atoms. The minimum Gasteiger partial charge on any atom is -0.448 e. The van der Waals surface area contributed by atoms with Crippen molar-refractivity contribution in [2.75, 3.05) is 31.8 Å². The highest BCUT2D eigenvalue weighted by Gasteiger charge is 2.31. The van der Waals surface area contributed by atoms with Crippen LogP contribution in [0.3, 0.4) is 0 Å². The highest BCUT2D eigenvalue weighted by molar-refractivity contribution is 7.94. The van der Waals surface area contributed by atoms with Gasteiger partial charge in [-0.1, -0.05) is 24.3 Å². The SMILES string of the molecule is COOSc1ncc2cc(Oc3ccccc3F)c(=O)n(C3CC3)c2n1.CS(=O)(=O)N1CCC(Nc2ncc3cc(Oc4ccccc4F)c(=O)n(C4CC4)c3n2)CC1. The van der Waals surface area contributed by atoms with E-state index in [0.29, 0.717) is 59.1 Å². The molecule has 2 aliphatic carbocycles. The number of rotatable bonds is 12. The third kappa shape index (κ3) is 9.21. The van der Waals surface area contributed by atoms with E-state index < -0.39 is 21.7 Å². The molecule has 0 unspecified atom stereocenters. The predicted molar refractivity (Wildman–Crippen MR) is 214 cm³/mol. The van der Waals surface area contributed by atoms with Gasteiger partial charge >= 0.3 is 0 Å². The van der Waals surface area contributed by atoms with Gasteiger partial charge in [-0.3, -0.25) is 18.7 Å². The molecule has 3 fully saturated rings. The van der Waals surface area contributed by atoms with Gasteiger partial charge in [0.1, 0.15) is 23.3 Å². The van der Waals surface area contributed by atoms with E-state index in [1.54, 1.807) is 45.8 Å². The maximum absolute atomic E-state index is 14.1. The summed E-state index contributed by atoms with van der Waals surface area (Å²) in [4.78, 5) is 48.1. The van der Waals surface area contributed by atoms with Crippen LogP contribution in [-0.2, 0) is 19.2 Å². The Bertz CT molecular complexity index is 2760. The fraction of sp³-hybridized carbons (Fsp3) is 0.333. The number of piperidine rings is 1. The minimum atomic E-state index is -3.19. The molecule has 16 nitrogen and oxygen atoms in total. The van der Waals surface area contributed by atoms with Crippen molar-refractivity contribution in [1.29, 1.82) is 0 Å². The van der Waals surface area contributed by atoms with Crippen molar-refractivity contribution in [2.45, 2.75) is 61.8 Å². The van der Waals surface area contributed by atoms with Crippen molar-refractivity contribution in [2.24, 2.45) is 0 Å². The molecule has 20 heteroatoms. The molecule has 0 atom stereocenters. The molecular weight excluding hydrogens is 811 g/mol. The lowest BCUT2D eigenvalue weighted by Crippen LogP contribution is -2.42. The number of ether oxygens (including phenoxy) is 2. The lowest BCUT2D eigenvalue weighted by atomic mass is 10.1. The zero-order valence-corrected chi connectivity index (χ0v) is 33.4. The van der Waals surface area contributed by atoms with E-state index in [9.17, 15) is 26.8 Å². The Kier molecular flexibility index (Phi) is 11.6. The van der Waals surface area contributed by atoms with Crippen LogP contribution < -0.4 is 25.9 Å². The smallest absolute Gasteiger partial charge is 0.295 e. The molecule has 6 aromatic rings. The van der Waals surface area contributed by atoms with E-state index in [-0.39, 0.29) is 52.2 Å². The largest absolute Gasteiger partial charge is 0.448 e. The second kappa shape index (κ2) is 17.0. The molecule has 0 radical (unpaired) electrons. The van der Waals surface area contributed by atoms with Crippen LogP contribution in [0.1, 0.15) is 50.6 Å². The molecule has 3 aliphatic rings. The zero-order chi connectivity index (χ0) is 41.3. The standard InChI is InChI=1S/C22H24FN5O4S.C17H14FN3O4S/c1-33(30,31)27-10-8-15(9-11-27)25-22-24-13-14-12-19(32-18-5-3-2-4-17(18)23)21(29)28(16-6-7-16)20(14)26-22;1-23-25-26-17-19-9-10-8-14(24-13-5-3-2-4-12(13)18)16(22)21(11-6-7-11)15(10)20-17/h2-5,12-13,15-16H,6-11H2,1H3,(H,24,25,26);2-5,8-9,11H,6-7H2,1H3. The summed E-state index contributed by atoms with van der Waals surface area (Å²) >= 11 is 0.850. The minimum absolute atomic E-state index is 0.00659. The number of hydrogen-bond donors (Lipinski definition) is 1. The average Bonchev–Trinajstić information content (AvgIpc) is 4.16. The number of halogens is 2. The summed E-state index contributed by atoms with van der Waals surface area (Å²) in [6.07, 6.45) is 9.13. The summed E-state index contributed by atoms with van der Waals surface area (Å²) in [5.74, 6) is -0.665. The number of sulfonamides is 1. The molecule has 5 heterocycles. The Balaban J connectivity index is 0.000000169. The number of pyridine rings is 2. The van der Waals surface area contributed by atoms with Crippen LogP contribution in [0.25, 0.3) is 22.1 Å². The lowest BCUT2D eigenvalue weighted by molar-refractivity contribution is -0.160. The fourth-order valence-corrected chi connectivity index (χ4v) is 7.87. The van der Waals surface area contributed by atoms with Crippen LogP contribution >= 0.6 is 12.0 Å². The summed E-state index contributed by atoms with van der Waals surface area (Å²) in [5.41, 5.74) is 0.259. The molecular formula is C39H38F2N8O8S2. The maximum atomic E-state index is 14.1. The monoisotopic (exact) mass is 848 g/mol. The van der Waals surface area contributed by atoms with Crippen LogP contribution in [0.4, 0.5) is 14.7 Å². The first-order chi connectivity index (χ1) is 28.5. The second-order valence-electron chi connectivity index (χ2n) is 14.2. The quantitative estimate of drug-likeness (QED) is 0.0607. The predicted octanol–water partition coefficient (Wildman–Crippen LogP) is 6.54. The van der Waals surface area contributed by atoms with Crippen molar-refractivity contribution in [3.8, 4) is 23.0 Å². The Morgan fingerprint density at radius 3 is 1.73 bits per heavy atom. The third-order valence-electron chi connectivity index (χ3n) is 9.83. The number of aromatic nitrogens is 6. The van der Waals surface area contributed by atoms with Crippen molar-refractivity contribution in [3.63, 3.8) is 0 Å². The summed E-state index contributed by atoms with van der Waals surface area (Å²) in [6, 6.07) is 15.0. The maximum Gasteiger partial charge on any atom is 0.295 e. The van der Waals surface area contributed by atoms with Crippen LogP contribution in [0.2, 0.25) is 0 Å². The lowest BCUT2D eigenvalue weighted by Gasteiger charge is -2.30. The Morgan fingerprint density at radius 1 is 0.729 bits per heavy atom. The van der Waals surface area contributed by atoms with Gasteiger partial charge in [0.05, 0.1) is 13.4 Å². The first-order valence-corrected chi connectivity index (χ1v) is 21.3. The molecule has 1 aliphatic heterocycles.